The third kappa shape index (κ3) is 11.3. The fourth-order valence-electron chi connectivity index (χ4n) is 1.61. The van der Waals surface area contributed by atoms with Gasteiger partial charge < -0.3 is 0 Å². The first-order valence-corrected chi connectivity index (χ1v) is 8.45. The van der Waals surface area contributed by atoms with Gasteiger partial charge in [0.2, 0.25) is 0 Å². The van der Waals surface area contributed by atoms with Gasteiger partial charge in [-0.25, -0.2) is 57.5 Å². The highest BCUT2D eigenvalue weighted by atomic mass is 16.2. The number of aromatic nitrogens is 12. The topological polar surface area (TPSA) is 394 Å². The van der Waals surface area contributed by atoms with Gasteiger partial charge in [-0.15, -0.1) is 0 Å². The number of H-pyrrole nitrogens is 12. The summed E-state index contributed by atoms with van der Waals surface area (Å²) in [7, 11) is 0. The highest BCUT2D eigenvalue weighted by Gasteiger charge is 1.87. The molecule has 24 nitrogen and oxygen atoms in total. The molecule has 0 saturated heterocycles. The molecular formula is C12H12N12O12. The van der Waals surface area contributed by atoms with E-state index in [2.05, 4.69) is 0 Å². The van der Waals surface area contributed by atoms with Crippen molar-refractivity contribution in [2.45, 2.75) is 0 Å². The van der Waals surface area contributed by atoms with Gasteiger partial charge in [0, 0.05) is 0 Å². The van der Waals surface area contributed by atoms with Gasteiger partial charge in [0.05, 0.1) is 0 Å². The maximum Gasteiger partial charge on any atom is 0.330 e. The first-order chi connectivity index (χ1) is 16.7. The molecule has 24 heteroatoms. The average Bonchev–Trinajstić information content (AvgIpc) is 2.64. The lowest BCUT2D eigenvalue weighted by Gasteiger charge is -1.77. The van der Waals surface area contributed by atoms with Crippen LogP contribution in [0.5, 0.6) is 0 Å². The molecule has 0 amide bonds. The minimum Gasteiger partial charge on any atom is -0.259 e. The van der Waals surface area contributed by atoms with Crippen LogP contribution in [0.15, 0.2) is 57.5 Å². The molecule has 0 bridgehead atoms. The smallest absolute Gasteiger partial charge is 0.259 e. The maximum atomic E-state index is 10.2. The Bertz CT molecular complexity index is 1400. The zero-order valence-corrected chi connectivity index (χ0v) is 16.9. The largest absolute Gasteiger partial charge is 0.330 e. The predicted octanol–water partition coefficient (Wildman–Crippen LogP) is -8.99. The molecule has 0 aromatic carbocycles. The van der Waals surface area contributed by atoms with E-state index in [0.29, 0.717) is 0 Å². The molecule has 4 heterocycles. The summed E-state index contributed by atoms with van der Waals surface area (Å²) < 4.78 is 0. The van der Waals surface area contributed by atoms with Crippen molar-refractivity contribution in [1.82, 2.24) is 59.8 Å². The van der Waals surface area contributed by atoms with Crippen LogP contribution in [0.3, 0.4) is 0 Å². The Labute approximate surface area is 186 Å². The van der Waals surface area contributed by atoms with E-state index < -0.39 is 68.3 Å². The zero-order chi connectivity index (χ0) is 27.4. The van der Waals surface area contributed by atoms with Gasteiger partial charge in [0.15, 0.2) is 0 Å². The van der Waals surface area contributed by atoms with E-state index >= 15 is 0 Å². The van der Waals surface area contributed by atoms with Crippen LogP contribution in [0.2, 0.25) is 0 Å². The molecule has 0 spiro atoms. The van der Waals surface area contributed by atoms with Crippen LogP contribution in [0, 0.1) is 0 Å². The second-order valence-electron chi connectivity index (χ2n) is 5.45. The molecule has 4 aromatic rings. The summed E-state index contributed by atoms with van der Waals surface area (Å²) in [5, 5.41) is 0. The first kappa shape index (κ1) is 27.7. The SMILES string of the molecule is O=c1[nH]c(=O)[nH]c(=O)[nH]1.O=c1[nH]c(=O)[nH]c(=O)[nH]1.O=c1[nH]c(=O)[nH]c(=O)[nH]1.O=c1[nH]c(=O)[nH]c(=O)[nH]1. The number of hydrogen-bond donors (Lipinski definition) is 12. The highest BCUT2D eigenvalue weighted by Crippen LogP contribution is 1.32. The number of nitrogens with one attached hydrogen (secondary N) is 12. The van der Waals surface area contributed by atoms with E-state index in [1.54, 1.807) is 59.8 Å². The minimum atomic E-state index is -0.802. The van der Waals surface area contributed by atoms with E-state index in [4.69, 9.17) is 0 Å². The molecule has 12 N–H and O–H groups in total. The summed E-state index contributed by atoms with van der Waals surface area (Å²) in [5.74, 6) is 0. The standard InChI is InChI=1S/4C3H3N3O3/c4*7-1-4-2(8)6-3(9)5-1/h4*(H3,4,5,6,7,8,9). The van der Waals surface area contributed by atoms with Crippen LogP contribution in [0.25, 0.3) is 0 Å². The third-order valence-corrected chi connectivity index (χ3v) is 2.72. The molecule has 0 atom stereocenters. The fraction of sp³-hybridized carbons (Fsp3) is 0. The van der Waals surface area contributed by atoms with Crippen LogP contribution in [0.4, 0.5) is 0 Å². The summed E-state index contributed by atoms with van der Waals surface area (Å²) >= 11 is 0. The monoisotopic (exact) mass is 516 g/mol. The molecule has 0 aliphatic rings. The highest BCUT2D eigenvalue weighted by molar-refractivity contribution is 4.62. The lowest BCUT2D eigenvalue weighted by Crippen LogP contribution is -2.34. The molecule has 4 rings (SSSR count). The second-order valence-corrected chi connectivity index (χ2v) is 5.45. The Hall–Kier alpha value is -6.36. The Kier molecular flexibility index (Phi) is 9.70. The van der Waals surface area contributed by atoms with Gasteiger partial charge in [-0.05, 0) is 0 Å². The summed E-state index contributed by atoms with van der Waals surface area (Å²) in [4.78, 5) is 144. The Balaban J connectivity index is 0.000000240. The van der Waals surface area contributed by atoms with Crippen molar-refractivity contribution < 1.29 is 0 Å². The molecule has 0 aliphatic heterocycles. The van der Waals surface area contributed by atoms with E-state index in [0.717, 1.165) is 0 Å². The van der Waals surface area contributed by atoms with Gasteiger partial charge in [0.1, 0.15) is 0 Å². The van der Waals surface area contributed by atoms with Crippen molar-refractivity contribution in [2.24, 2.45) is 0 Å². The maximum absolute atomic E-state index is 10.2. The molecule has 0 radical (unpaired) electrons. The van der Waals surface area contributed by atoms with Crippen LogP contribution >= 0.6 is 0 Å². The third-order valence-electron chi connectivity index (χ3n) is 2.72. The average molecular weight is 516 g/mol. The number of rotatable bonds is 0. The minimum absolute atomic E-state index is 0.802. The summed E-state index contributed by atoms with van der Waals surface area (Å²) in [5.41, 5.74) is -9.63. The molecular weight excluding hydrogens is 504 g/mol. The van der Waals surface area contributed by atoms with Crippen LogP contribution < -0.4 is 68.3 Å². The van der Waals surface area contributed by atoms with Crippen molar-refractivity contribution in [3.63, 3.8) is 0 Å². The second kappa shape index (κ2) is 12.6. The van der Waals surface area contributed by atoms with E-state index in [-0.39, 0.29) is 0 Å². The lowest BCUT2D eigenvalue weighted by molar-refractivity contribution is 0.887. The Morgan fingerprint density at radius 1 is 0.167 bits per heavy atom. The van der Waals surface area contributed by atoms with E-state index in [9.17, 15) is 57.5 Å². The van der Waals surface area contributed by atoms with Crippen molar-refractivity contribution >= 4 is 0 Å². The van der Waals surface area contributed by atoms with E-state index in [1.807, 2.05) is 0 Å². The quantitative estimate of drug-likeness (QED) is 0.104. The zero-order valence-electron chi connectivity index (χ0n) is 16.9. The van der Waals surface area contributed by atoms with E-state index in [1.165, 1.54) is 0 Å². The number of hydrogen-bond acceptors (Lipinski definition) is 12. The van der Waals surface area contributed by atoms with Gasteiger partial charge >= 0.3 is 68.3 Å². The van der Waals surface area contributed by atoms with Crippen molar-refractivity contribution in [3.05, 3.63) is 126 Å². The van der Waals surface area contributed by atoms with Crippen LogP contribution in [-0.2, 0) is 0 Å². The van der Waals surface area contributed by atoms with Crippen molar-refractivity contribution in [3.8, 4) is 0 Å². The number of aromatic amines is 12. The van der Waals surface area contributed by atoms with Crippen molar-refractivity contribution in [2.75, 3.05) is 0 Å². The molecule has 0 fully saturated rings. The molecule has 0 unspecified atom stereocenters. The van der Waals surface area contributed by atoms with Crippen LogP contribution in [-0.4, -0.2) is 59.8 Å². The van der Waals surface area contributed by atoms with Crippen molar-refractivity contribution in [1.29, 1.82) is 0 Å². The molecule has 192 valence electrons. The van der Waals surface area contributed by atoms with Gasteiger partial charge in [-0.3, -0.25) is 59.8 Å². The van der Waals surface area contributed by atoms with Crippen LogP contribution in [0.1, 0.15) is 0 Å². The summed E-state index contributed by atoms with van der Waals surface area (Å²) in [6.07, 6.45) is 0. The predicted molar refractivity (Wildman–Crippen MR) is 113 cm³/mol. The fourth-order valence-corrected chi connectivity index (χ4v) is 1.61. The normalized spacial score (nSPS) is 9.33. The first-order valence-electron chi connectivity index (χ1n) is 8.45. The van der Waals surface area contributed by atoms with Gasteiger partial charge in [-0.1, -0.05) is 0 Å². The van der Waals surface area contributed by atoms with Gasteiger partial charge in [-0.2, -0.15) is 0 Å². The Morgan fingerprint density at radius 2 is 0.222 bits per heavy atom. The molecule has 4 aromatic heterocycles. The Morgan fingerprint density at radius 3 is 0.278 bits per heavy atom. The summed E-state index contributed by atoms with van der Waals surface area (Å²) in [6.45, 7) is 0. The lowest BCUT2D eigenvalue weighted by atomic mass is 11.0. The molecule has 0 aliphatic carbocycles. The van der Waals surface area contributed by atoms with Gasteiger partial charge in [0.25, 0.3) is 0 Å². The molecule has 36 heavy (non-hydrogen) atoms. The molecule has 0 saturated carbocycles. The summed E-state index contributed by atoms with van der Waals surface area (Å²) in [6, 6.07) is 0.